The van der Waals surface area contributed by atoms with Gasteiger partial charge in [-0.1, -0.05) is 12.1 Å². The maximum atomic E-state index is 11.2. The molecule has 0 aliphatic carbocycles. The summed E-state index contributed by atoms with van der Waals surface area (Å²) in [4.78, 5) is 12.4. The Kier molecular flexibility index (Phi) is 3.74. The Morgan fingerprint density at radius 3 is 2.60 bits per heavy atom. The number of rotatable bonds is 4. The Bertz CT molecular complexity index is 643. The first-order valence-corrected chi connectivity index (χ1v) is 5.95. The van der Waals surface area contributed by atoms with Crippen molar-refractivity contribution in [3.05, 3.63) is 52.6 Å². The largest absolute Gasteiger partial charge is 0.497 e. The molecule has 2 aromatic carbocycles. The molecule has 104 valence electrons. The van der Waals surface area contributed by atoms with Crippen molar-refractivity contribution in [3.63, 3.8) is 0 Å². The summed E-state index contributed by atoms with van der Waals surface area (Å²) in [7, 11) is 3.32. The van der Waals surface area contributed by atoms with Gasteiger partial charge in [0, 0.05) is 18.8 Å². The number of nitro benzene ring substituents is 1. The number of hydrogen-bond donors (Lipinski definition) is 1. The van der Waals surface area contributed by atoms with E-state index in [9.17, 15) is 10.1 Å². The van der Waals surface area contributed by atoms with Crippen LogP contribution in [0.3, 0.4) is 0 Å². The number of ether oxygens (including phenoxy) is 1. The first-order valence-electron chi connectivity index (χ1n) is 5.95. The van der Waals surface area contributed by atoms with Gasteiger partial charge in [-0.25, -0.2) is 0 Å². The lowest BCUT2D eigenvalue weighted by atomic mass is 10.2. The molecule has 6 nitrogen and oxygen atoms in total. The highest BCUT2D eigenvalue weighted by Crippen LogP contribution is 2.37. The molecule has 2 N–H and O–H groups in total. The summed E-state index contributed by atoms with van der Waals surface area (Å²) in [5.74, 6) is 0.681. The van der Waals surface area contributed by atoms with Gasteiger partial charge >= 0.3 is 5.69 Å². The van der Waals surface area contributed by atoms with E-state index in [4.69, 9.17) is 10.5 Å². The summed E-state index contributed by atoms with van der Waals surface area (Å²) in [6, 6.07) is 12.1. The third-order valence-corrected chi connectivity index (χ3v) is 3.03. The van der Waals surface area contributed by atoms with Crippen LogP contribution >= 0.6 is 0 Å². The van der Waals surface area contributed by atoms with Crippen LogP contribution in [0.2, 0.25) is 0 Å². The van der Waals surface area contributed by atoms with E-state index in [1.807, 2.05) is 18.2 Å². The molecule has 0 aliphatic heterocycles. The number of nitrogen functional groups attached to an aromatic ring is 1. The second kappa shape index (κ2) is 5.48. The second-order valence-electron chi connectivity index (χ2n) is 4.23. The van der Waals surface area contributed by atoms with Crippen LogP contribution in [0, 0.1) is 10.1 Å². The summed E-state index contributed by atoms with van der Waals surface area (Å²) in [5.41, 5.74) is 6.95. The van der Waals surface area contributed by atoms with E-state index < -0.39 is 4.92 Å². The van der Waals surface area contributed by atoms with Gasteiger partial charge in [0.25, 0.3) is 0 Å². The number of para-hydroxylation sites is 1. The molecule has 0 spiro atoms. The molecule has 0 amide bonds. The summed E-state index contributed by atoms with van der Waals surface area (Å²) in [5, 5.41) is 11.2. The quantitative estimate of drug-likeness (QED) is 0.526. The van der Waals surface area contributed by atoms with Crippen molar-refractivity contribution in [2.45, 2.75) is 0 Å². The average molecular weight is 273 g/mol. The number of nitro groups is 1. The molecule has 20 heavy (non-hydrogen) atoms. The number of hydrogen-bond acceptors (Lipinski definition) is 5. The highest BCUT2D eigenvalue weighted by molar-refractivity contribution is 5.79. The zero-order chi connectivity index (χ0) is 14.7. The third kappa shape index (κ3) is 2.49. The molecular weight excluding hydrogens is 258 g/mol. The van der Waals surface area contributed by atoms with E-state index in [-0.39, 0.29) is 11.4 Å². The molecule has 0 bridgehead atoms. The van der Waals surface area contributed by atoms with Crippen LogP contribution < -0.4 is 15.4 Å². The number of nitrogens with two attached hydrogens (primary N) is 1. The summed E-state index contributed by atoms with van der Waals surface area (Å²) in [6.07, 6.45) is 0. The first-order chi connectivity index (χ1) is 9.54. The van der Waals surface area contributed by atoms with Gasteiger partial charge in [-0.3, -0.25) is 10.1 Å². The second-order valence-corrected chi connectivity index (χ2v) is 4.23. The van der Waals surface area contributed by atoms with Crippen LogP contribution in [0.1, 0.15) is 0 Å². The minimum Gasteiger partial charge on any atom is -0.497 e. The lowest BCUT2D eigenvalue weighted by Crippen LogP contribution is -2.12. The van der Waals surface area contributed by atoms with Crippen molar-refractivity contribution in [1.82, 2.24) is 0 Å². The van der Waals surface area contributed by atoms with E-state index in [2.05, 4.69) is 0 Å². The number of nitrogens with zero attached hydrogens (tertiary/aromatic N) is 2. The van der Waals surface area contributed by atoms with Crippen molar-refractivity contribution < 1.29 is 9.66 Å². The van der Waals surface area contributed by atoms with E-state index in [1.54, 1.807) is 37.3 Å². The van der Waals surface area contributed by atoms with Crippen LogP contribution in [0.4, 0.5) is 22.7 Å². The van der Waals surface area contributed by atoms with Crippen molar-refractivity contribution in [1.29, 1.82) is 0 Å². The molecule has 0 saturated carbocycles. The topological polar surface area (TPSA) is 81.6 Å². The Morgan fingerprint density at radius 1 is 1.25 bits per heavy atom. The molecule has 0 heterocycles. The zero-order valence-corrected chi connectivity index (χ0v) is 11.2. The Hall–Kier alpha value is -2.76. The number of anilines is 3. The smallest absolute Gasteiger partial charge is 0.315 e. The van der Waals surface area contributed by atoms with Crippen LogP contribution in [0.25, 0.3) is 0 Å². The van der Waals surface area contributed by atoms with E-state index >= 15 is 0 Å². The van der Waals surface area contributed by atoms with Gasteiger partial charge in [0.2, 0.25) is 0 Å². The van der Waals surface area contributed by atoms with Gasteiger partial charge < -0.3 is 15.4 Å². The zero-order valence-electron chi connectivity index (χ0n) is 11.2. The van der Waals surface area contributed by atoms with Crippen LogP contribution in [-0.4, -0.2) is 19.1 Å². The number of benzene rings is 2. The fourth-order valence-electron chi connectivity index (χ4n) is 1.98. The van der Waals surface area contributed by atoms with Crippen molar-refractivity contribution in [3.8, 4) is 5.75 Å². The maximum absolute atomic E-state index is 11.2. The predicted molar refractivity (Wildman–Crippen MR) is 78.6 cm³/mol. The molecule has 2 rings (SSSR count). The van der Waals surface area contributed by atoms with Crippen molar-refractivity contribution in [2.75, 3.05) is 24.8 Å². The molecule has 0 aromatic heterocycles. The van der Waals surface area contributed by atoms with Gasteiger partial charge in [0.05, 0.1) is 12.0 Å². The SMILES string of the molecule is COc1cccc(N(C)c2cccc(N)c2[N+](=O)[O-])c1. The Morgan fingerprint density at radius 2 is 1.95 bits per heavy atom. The van der Waals surface area contributed by atoms with Crippen LogP contribution in [-0.2, 0) is 0 Å². The lowest BCUT2D eigenvalue weighted by Gasteiger charge is -2.20. The minimum atomic E-state index is -0.471. The molecule has 0 saturated heterocycles. The maximum Gasteiger partial charge on any atom is 0.315 e. The molecule has 0 aliphatic rings. The summed E-state index contributed by atoms with van der Waals surface area (Å²) < 4.78 is 5.16. The lowest BCUT2D eigenvalue weighted by molar-refractivity contribution is -0.383. The molecule has 0 fully saturated rings. The van der Waals surface area contributed by atoms with Crippen LogP contribution in [0.15, 0.2) is 42.5 Å². The molecule has 0 atom stereocenters. The Balaban J connectivity index is 2.50. The average Bonchev–Trinajstić information content (AvgIpc) is 2.45. The van der Waals surface area contributed by atoms with Gasteiger partial charge in [-0.2, -0.15) is 0 Å². The standard InChI is InChI=1S/C14H15N3O3/c1-16(10-5-3-6-11(9-10)20-2)13-8-4-7-12(15)14(13)17(18)19/h3-9H,15H2,1-2H3. The van der Waals surface area contributed by atoms with E-state index in [1.165, 1.54) is 6.07 Å². The van der Waals surface area contributed by atoms with Crippen LogP contribution in [0.5, 0.6) is 5.75 Å². The summed E-state index contributed by atoms with van der Waals surface area (Å²) in [6.45, 7) is 0. The normalized spacial score (nSPS) is 10.1. The van der Waals surface area contributed by atoms with Gasteiger partial charge in [-0.05, 0) is 24.3 Å². The van der Waals surface area contributed by atoms with Crippen molar-refractivity contribution in [2.24, 2.45) is 0 Å². The van der Waals surface area contributed by atoms with E-state index in [0.29, 0.717) is 11.4 Å². The molecule has 6 heteroatoms. The van der Waals surface area contributed by atoms with E-state index in [0.717, 1.165) is 5.69 Å². The fourth-order valence-corrected chi connectivity index (χ4v) is 1.98. The summed E-state index contributed by atoms with van der Waals surface area (Å²) >= 11 is 0. The van der Waals surface area contributed by atoms with Gasteiger partial charge in [0.1, 0.15) is 17.1 Å². The first kappa shape index (κ1) is 13.7. The fraction of sp³-hybridized carbons (Fsp3) is 0.143. The highest BCUT2D eigenvalue weighted by atomic mass is 16.6. The van der Waals surface area contributed by atoms with Gasteiger partial charge in [-0.15, -0.1) is 0 Å². The monoisotopic (exact) mass is 273 g/mol. The van der Waals surface area contributed by atoms with Crippen molar-refractivity contribution >= 4 is 22.7 Å². The third-order valence-electron chi connectivity index (χ3n) is 3.03. The predicted octanol–water partition coefficient (Wildman–Crippen LogP) is 2.95. The number of methoxy groups -OCH3 is 1. The molecule has 0 radical (unpaired) electrons. The highest BCUT2D eigenvalue weighted by Gasteiger charge is 2.21. The molecule has 2 aromatic rings. The Labute approximate surface area is 116 Å². The molecular formula is C14H15N3O3. The molecule has 0 unspecified atom stereocenters. The minimum absolute atomic E-state index is 0.0992. The van der Waals surface area contributed by atoms with Gasteiger partial charge in [0.15, 0.2) is 0 Å².